The summed E-state index contributed by atoms with van der Waals surface area (Å²) in [7, 11) is 0. The third kappa shape index (κ3) is 3.50. The van der Waals surface area contributed by atoms with Crippen LogP contribution in [0.25, 0.3) is 10.9 Å². The van der Waals surface area contributed by atoms with Crippen LogP contribution in [0.2, 0.25) is 0 Å². The zero-order valence-corrected chi connectivity index (χ0v) is 12.5. The summed E-state index contributed by atoms with van der Waals surface area (Å²) in [5.74, 6) is -0.500. The number of hydrogen-bond acceptors (Lipinski definition) is 3. The highest BCUT2D eigenvalue weighted by Gasteiger charge is 2.29. The first-order valence-corrected chi connectivity index (χ1v) is 7.56. The molecule has 1 fully saturated rings. The highest BCUT2D eigenvalue weighted by Crippen LogP contribution is 2.17. The third-order valence-electron chi connectivity index (χ3n) is 3.91. The fraction of sp³-hybridized carbons (Fsp3) is 0.312. The van der Waals surface area contributed by atoms with Crippen molar-refractivity contribution < 1.29 is 14.4 Å². The summed E-state index contributed by atoms with van der Waals surface area (Å²) in [6, 6.07) is 6.91. The van der Waals surface area contributed by atoms with Crippen LogP contribution in [0.3, 0.4) is 0 Å². The molecule has 0 spiro atoms. The van der Waals surface area contributed by atoms with Crippen LogP contribution in [0.1, 0.15) is 18.4 Å². The van der Waals surface area contributed by atoms with E-state index in [0.717, 1.165) is 22.9 Å². The predicted octanol–water partition coefficient (Wildman–Crippen LogP) is 0.815. The van der Waals surface area contributed by atoms with E-state index in [1.807, 2.05) is 30.5 Å². The first kappa shape index (κ1) is 15.1. The van der Waals surface area contributed by atoms with Crippen LogP contribution >= 0.6 is 0 Å². The Labute approximate surface area is 132 Å². The van der Waals surface area contributed by atoms with Gasteiger partial charge < -0.3 is 15.6 Å². The van der Waals surface area contributed by atoms with E-state index in [9.17, 15) is 14.4 Å². The van der Waals surface area contributed by atoms with Gasteiger partial charge in [-0.25, -0.2) is 4.79 Å². The van der Waals surface area contributed by atoms with E-state index in [0.29, 0.717) is 13.0 Å². The number of aromatic amines is 1. The van der Waals surface area contributed by atoms with Crippen molar-refractivity contribution >= 4 is 28.7 Å². The van der Waals surface area contributed by atoms with Crippen molar-refractivity contribution in [3.63, 3.8) is 0 Å². The molecule has 1 atom stereocenters. The van der Waals surface area contributed by atoms with Gasteiger partial charge in [0.1, 0.15) is 6.04 Å². The van der Waals surface area contributed by atoms with Crippen LogP contribution in [-0.4, -0.2) is 35.4 Å². The molecule has 1 aromatic carbocycles. The molecule has 0 aliphatic carbocycles. The average Bonchev–Trinajstić information content (AvgIpc) is 3.08. The number of amides is 4. The number of hydrogen-bond donors (Lipinski definition) is 4. The smallest absolute Gasteiger partial charge is 0.322 e. The maximum atomic E-state index is 11.8. The van der Waals surface area contributed by atoms with Gasteiger partial charge in [-0.1, -0.05) is 18.2 Å². The van der Waals surface area contributed by atoms with Gasteiger partial charge in [0.25, 0.3) is 5.91 Å². The zero-order valence-electron chi connectivity index (χ0n) is 12.5. The van der Waals surface area contributed by atoms with Crippen molar-refractivity contribution in [1.82, 2.24) is 20.9 Å². The van der Waals surface area contributed by atoms with Gasteiger partial charge in [-0.05, 0) is 24.5 Å². The Bertz CT molecular complexity index is 753. The first-order chi connectivity index (χ1) is 11.1. The molecule has 3 rings (SSSR count). The molecule has 2 heterocycles. The Kier molecular flexibility index (Phi) is 4.27. The van der Waals surface area contributed by atoms with Crippen molar-refractivity contribution in [1.29, 1.82) is 0 Å². The molecule has 4 N–H and O–H groups in total. The molecule has 1 saturated heterocycles. The Morgan fingerprint density at radius 2 is 2.04 bits per heavy atom. The van der Waals surface area contributed by atoms with Crippen LogP contribution in [0.5, 0.6) is 0 Å². The molecule has 7 heteroatoms. The molecule has 23 heavy (non-hydrogen) atoms. The van der Waals surface area contributed by atoms with Crippen molar-refractivity contribution in [2.75, 3.05) is 6.54 Å². The average molecular weight is 314 g/mol. The monoisotopic (exact) mass is 314 g/mol. The number of aromatic nitrogens is 1. The van der Waals surface area contributed by atoms with Crippen LogP contribution < -0.4 is 16.0 Å². The van der Waals surface area contributed by atoms with Crippen LogP contribution in [0, 0.1) is 0 Å². The molecular weight excluding hydrogens is 296 g/mol. The second-order valence-electron chi connectivity index (χ2n) is 5.51. The van der Waals surface area contributed by atoms with Gasteiger partial charge in [0.05, 0.1) is 0 Å². The summed E-state index contributed by atoms with van der Waals surface area (Å²) in [5, 5.41) is 8.62. The molecule has 0 saturated carbocycles. The summed E-state index contributed by atoms with van der Waals surface area (Å²) >= 11 is 0. The number of imide groups is 1. The van der Waals surface area contributed by atoms with Crippen LogP contribution in [0.4, 0.5) is 4.79 Å². The number of carbonyl (C=O) groups is 3. The molecule has 7 nitrogen and oxygen atoms in total. The Hall–Kier alpha value is -2.83. The molecule has 1 aliphatic rings. The van der Waals surface area contributed by atoms with Gasteiger partial charge in [0, 0.05) is 30.1 Å². The number of urea groups is 1. The van der Waals surface area contributed by atoms with Gasteiger partial charge in [-0.3, -0.25) is 14.9 Å². The van der Waals surface area contributed by atoms with E-state index in [4.69, 9.17) is 0 Å². The lowest BCUT2D eigenvalue weighted by molar-refractivity contribution is -0.122. The number of carbonyl (C=O) groups excluding carboxylic acids is 3. The second-order valence-corrected chi connectivity index (χ2v) is 5.51. The topological polar surface area (TPSA) is 103 Å². The summed E-state index contributed by atoms with van der Waals surface area (Å²) < 4.78 is 0. The van der Waals surface area contributed by atoms with Crippen molar-refractivity contribution in [3.05, 3.63) is 36.0 Å². The van der Waals surface area contributed by atoms with Gasteiger partial charge in [0.15, 0.2) is 0 Å². The molecule has 4 amide bonds. The molecule has 0 bridgehead atoms. The lowest BCUT2D eigenvalue weighted by atomic mass is 10.1. The van der Waals surface area contributed by atoms with E-state index in [1.54, 1.807) is 0 Å². The minimum atomic E-state index is -0.609. The molecule has 1 unspecified atom stereocenters. The van der Waals surface area contributed by atoms with Gasteiger partial charge in [-0.2, -0.15) is 0 Å². The molecular formula is C16H18N4O3. The summed E-state index contributed by atoms with van der Waals surface area (Å²) in [6.07, 6.45) is 3.19. The number of H-pyrrole nitrogens is 1. The first-order valence-electron chi connectivity index (χ1n) is 7.56. The van der Waals surface area contributed by atoms with Crippen LogP contribution in [0.15, 0.2) is 30.5 Å². The number of rotatable bonds is 6. The molecule has 2 aromatic rings. The summed E-state index contributed by atoms with van der Waals surface area (Å²) in [5.41, 5.74) is 2.24. The highest BCUT2D eigenvalue weighted by molar-refractivity contribution is 6.04. The minimum Gasteiger partial charge on any atom is -0.361 e. The SMILES string of the molecule is O=C(CCC1NC(=O)NC1=O)NCCc1c[nH]c2ccccc12. The lowest BCUT2D eigenvalue weighted by Gasteiger charge is -2.07. The minimum absolute atomic E-state index is 0.126. The van der Waals surface area contributed by atoms with Crippen LogP contribution in [-0.2, 0) is 16.0 Å². The molecule has 120 valence electrons. The summed E-state index contributed by atoms with van der Waals surface area (Å²) in [6.45, 7) is 0.532. The number of nitrogens with one attached hydrogen (secondary N) is 4. The Morgan fingerprint density at radius 1 is 1.22 bits per heavy atom. The van der Waals surface area contributed by atoms with E-state index in [-0.39, 0.29) is 18.2 Å². The largest absolute Gasteiger partial charge is 0.361 e. The third-order valence-corrected chi connectivity index (χ3v) is 3.91. The standard InChI is InChI=1S/C16H18N4O3/c21-14(6-5-13-15(22)20-16(23)19-13)17-8-7-10-9-18-12-4-2-1-3-11(10)12/h1-4,9,13,18H,5-8H2,(H,17,21)(H2,19,20,22,23). The fourth-order valence-corrected chi connectivity index (χ4v) is 2.70. The fourth-order valence-electron chi connectivity index (χ4n) is 2.70. The zero-order chi connectivity index (χ0) is 16.2. The van der Waals surface area contributed by atoms with Crippen molar-refractivity contribution in [2.24, 2.45) is 0 Å². The molecule has 1 aromatic heterocycles. The maximum Gasteiger partial charge on any atom is 0.322 e. The highest BCUT2D eigenvalue weighted by atomic mass is 16.2. The van der Waals surface area contributed by atoms with Gasteiger partial charge >= 0.3 is 6.03 Å². The number of benzene rings is 1. The van der Waals surface area contributed by atoms with Crippen molar-refractivity contribution in [2.45, 2.75) is 25.3 Å². The molecule has 0 radical (unpaired) electrons. The maximum absolute atomic E-state index is 11.8. The molecule has 1 aliphatic heterocycles. The van der Waals surface area contributed by atoms with E-state index < -0.39 is 12.1 Å². The predicted molar refractivity (Wildman–Crippen MR) is 84.7 cm³/mol. The Balaban J connectivity index is 1.43. The number of para-hydroxylation sites is 1. The number of fused-ring (bicyclic) bond motifs is 1. The second kappa shape index (κ2) is 6.51. The van der Waals surface area contributed by atoms with Gasteiger partial charge in [0.2, 0.25) is 5.91 Å². The van der Waals surface area contributed by atoms with Crippen molar-refractivity contribution in [3.8, 4) is 0 Å². The lowest BCUT2D eigenvalue weighted by Crippen LogP contribution is -2.32. The Morgan fingerprint density at radius 3 is 2.83 bits per heavy atom. The van der Waals surface area contributed by atoms with E-state index in [1.165, 1.54) is 0 Å². The van der Waals surface area contributed by atoms with E-state index in [2.05, 4.69) is 20.9 Å². The normalized spacial score (nSPS) is 17.1. The summed E-state index contributed by atoms with van der Waals surface area (Å²) in [4.78, 5) is 37.4. The quantitative estimate of drug-likeness (QED) is 0.593. The van der Waals surface area contributed by atoms with Gasteiger partial charge in [-0.15, -0.1) is 0 Å². The van der Waals surface area contributed by atoms with E-state index >= 15 is 0 Å².